The summed E-state index contributed by atoms with van der Waals surface area (Å²) in [5, 5.41) is 8.66. The van der Waals surface area contributed by atoms with Gasteiger partial charge in [0.2, 0.25) is 0 Å². The number of halogens is 3. The summed E-state index contributed by atoms with van der Waals surface area (Å²) in [5.41, 5.74) is 0. The van der Waals surface area contributed by atoms with Crippen LogP contribution < -0.4 is 0 Å². The van der Waals surface area contributed by atoms with Crippen molar-refractivity contribution in [3.05, 3.63) is 0 Å². The maximum absolute atomic E-state index is 12.3. The summed E-state index contributed by atoms with van der Waals surface area (Å²) in [5.74, 6) is 0. The lowest BCUT2D eigenvalue weighted by atomic mass is 10.2. The van der Waals surface area contributed by atoms with E-state index < -0.39 is 12.7 Å². The summed E-state index contributed by atoms with van der Waals surface area (Å²) < 4.78 is 36.8. The van der Waals surface area contributed by atoms with Gasteiger partial charge in [-0.15, -0.1) is 0 Å². The number of aliphatic hydroxyl groups is 1. The fourth-order valence-corrected chi connectivity index (χ4v) is 2.28. The Bertz CT molecular complexity index is 224. The van der Waals surface area contributed by atoms with Crippen LogP contribution in [0.4, 0.5) is 13.2 Å². The Hall–Kier alpha value is -0.330. The molecule has 0 radical (unpaired) electrons. The van der Waals surface area contributed by atoms with Crippen LogP contribution in [0.2, 0.25) is 0 Å². The number of rotatable bonds is 6. The lowest BCUT2D eigenvalue weighted by Gasteiger charge is -2.22. The summed E-state index contributed by atoms with van der Waals surface area (Å²) in [7, 11) is 0. The number of unbranched alkanes of at least 4 members (excludes halogenated alkanes) is 2. The molecule has 0 atom stereocenters. The van der Waals surface area contributed by atoms with Crippen LogP contribution in [0, 0.1) is 0 Å². The summed E-state index contributed by atoms with van der Waals surface area (Å²) in [6.45, 7) is 3.00. The molecule has 0 aromatic rings. The van der Waals surface area contributed by atoms with E-state index in [4.69, 9.17) is 5.11 Å². The molecule has 0 spiro atoms. The largest absolute Gasteiger partial charge is 0.401 e. The average molecular weight is 268 g/mol. The van der Waals surface area contributed by atoms with E-state index in [1.54, 1.807) is 0 Å². The van der Waals surface area contributed by atoms with Crippen LogP contribution >= 0.6 is 0 Å². The first-order valence-electron chi connectivity index (χ1n) is 6.63. The highest BCUT2D eigenvalue weighted by atomic mass is 19.4. The quantitative estimate of drug-likeness (QED) is 0.743. The Labute approximate surface area is 107 Å². The van der Waals surface area contributed by atoms with Crippen molar-refractivity contribution in [2.75, 3.05) is 45.9 Å². The number of nitrogens with zero attached hydrogens (tertiary/aromatic N) is 2. The highest BCUT2D eigenvalue weighted by Crippen LogP contribution is 2.17. The molecule has 0 aliphatic carbocycles. The van der Waals surface area contributed by atoms with Gasteiger partial charge in [-0.05, 0) is 45.3 Å². The molecule has 1 saturated heterocycles. The number of hydrogen-bond donors (Lipinski definition) is 1. The van der Waals surface area contributed by atoms with Crippen LogP contribution in [0.3, 0.4) is 0 Å². The maximum Gasteiger partial charge on any atom is 0.401 e. The lowest BCUT2D eigenvalue weighted by molar-refractivity contribution is -0.145. The minimum atomic E-state index is -4.09. The highest BCUT2D eigenvalue weighted by Gasteiger charge is 2.31. The molecular weight excluding hydrogens is 245 g/mol. The molecule has 1 aliphatic heterocycles. The van der Waals surface area contributed by atoms with Crippen LogP contribution in [0.1, 0.15) is 25.7 Å². The minimum Gasteiger partial charge on any atom is -0.396 e. The number of alkyl halides is 3. The van der Waals surface area contributed by atoms with Gasteiger partial charge in [0.05, 0.1) is 6.54 Å². The third-order valence-electron chi connectivity index (χ3n) is 3.22. The first kappa shape index (κ1) is 15.7. The summed E-state index contributed by atoms with van der Waals surface area (Å²) in [6.07, 6.45) is -0.473. The van der Waals surface area contributed by atoms with E-state index in [0.29, 0.717) is 13.1 Å². The van der Waals surface area contributed by atoms with Gasteiger partial charge in [-0.1, -0.05) is 0 Å². The minimum absolute atomic E-state index is 0.222. The molecule has 1 N–H and O–H groups in total. The SMILES string of the molecule is OCCCCCN1CCCN(CC(F)(F)F)CC1. The third kappa shape index (κ3) is 7.18. The smallest absolute Gasteiger partial charge is 0.396 e. The highest BCUT2D eigenvalue weighted by molar-refractivity contribution is 4.71. The molecule has 1 heterocycles. The average Bonchev–Trinajstić information content (AvgIpc) is 2.48. The van der Waals surface area contributed by atoms with Crippen LogP contribution in [0.15, 0.2) is 0 Å². The van der Waals surface area contributed by atoms with Crippen molar-refractivity contribution in [2.45, 2.75) is 31.9 Å². The monoisotopic (exact) mass is 268 g/mol. The predicted octanol–water partition coefficient (Wildman–Crippen LogP) is 1.72. The Morgan fingerprint density at radius 3 is 2.22 bits per heavy atom. The fraction of sp³-hybridized carbons (Fsp3) is 1.00. The zero-order valence-corrected chi connectivity index (χ0v) is 10.8. The van der Waals surface area contributed by atoms with Crippen molar-refractivity contribution >= 4 is 0 Å². The standard InChI is InChI=1S/C12H23F3N2O/c13-12(14,15)11-17-7-4-6-16(8-9-17)5-2-1-3-10-18/h18H,1-11H2. The molecule has 6 heteroatoms. The van der Waals surface area contributed by atoms with E-state index in [0.717, 1.165) is 45.3 Å². The second kappa shape index (κ2) is 7.96. The Morgan fingerprint density at radius 2 is 1.56 bits per heavy atom. The molecule has 0 amide bonds. The number of hydrogen-bond acceptors (Lipinski definition) is 3. The topological polar surface area (TPSA) is 26.7 Å². The van der Waals surface area contributed by atoms with E-state index in [1.807, 2.05) is 0 Å². The molecule has 0 saturated carbocycles. The maximum atomic E-state index is 12.3. The third-order valence-corrected chi connectivity index (χ3v) is 3.22. The van der Waals surface area contributed by atoms with Crippen molar-refractivity contribution in [1.29, 1.82) is 0 Å². The molecule has 18 heavy (non-hydrogen) atoms. The van der Waals surface area contributed by atoms with Gasteiger partial charge in [0.15, 0.2) is 0 Å². The predicted molar refractivity (Wildman–Crippen MR) is 64.5 cm³/mol. The van der Waals surface area contributed by atoms with Gasteiger partial charge in [0, 0.05) is 19.7 Å². The van der Waals surface area contributed by atoms with Gasteiger partial charge >= 0.3 is 6.18 Å². The fourth-order valence-electron chi connectivity index (χ4n) is 2.28. The van der Waals surface area contributed by atoms with Gasteiger partial charge in [0.1, 0.15) is 0 Å². The zero-order valence-electron chi connectivity index (χ0n) is 10.8. The van der Waals surface area contributed by atoms with Gasteiger partial charge in [-0.3, -0.25) is 4.90 Å². The second-order valence-electron chi connectivity index (χ2n) is 4.87. The Morgan fingerprint density at radius 1 is 0.889 bits per heavy atom. The number of aliphatic hydroxyl groups excluding tert-OH is 1. The summed E-state index contributed by atoms with van der Waals surface area (Å²) in [4.78, 5) is 3.72. The molecule has 0 bridgehead atoms. The van der Waals surface area contributed by atoms with E-state index in [2.05, 4.69) is 4.90 Å². The van der Waals surface area contributed by atoms with Crippen LogP contribution in [0.25, 0.3) is 0 Å². The molecule has 1 rings (SSSR count). The summed E-state index contributed by atoms with van der Waals surface area (Å²) in [6, 6.07) is 0. The first-order valence-corrected chi connectivity index (χ1v) is 6.63. The second-order valence-corrected chi connectivity index (χ2v) is 4.87. The van der Waals surface area contributed by atoms with E-state index in [9.17, 15) is 13.2 Å². The molecule has 0 aromatic heterocycles. The molecule has 0 aromatic carbocycles. The van der Waals surface area contributed by atoms with Gasteiger partial charge in [-0.2, -0.15) is 13.2 Å². The zero-order chi connectivity index (χ0) is 13.4. The molecule has 1 fully saturated rings. The van der Waals surface area contributed by atoms with Crippen LogP contribution in [-0.4, -0.2) is 67.0 Å². The Balaban J connectivity index is 2.20. The van der Waals surface area contributed by atoms with Gasteiger partial charge in [-0.25, -0.2) is 0 Å². The molecule has 1 aliphatic rings. The van der Waals surface area contributed by atoms with Crippen molar-refractivity contribution in [3.63, 3.8) is 0 Å². The van der Waals surface area contributed by atoms with Crippen molar-refractivity contribution < 1.29 is 18.3 Å². The molecule has 3 nitrogen and oxygen atoms in total. The van der Waals surface area contributed by atoms with E-state index in [-0.39, 0.29) is 6.61 Å². The van der Waals surface area contributed by atoms with Crippen LogP contribution in [-0.2, 0) is 0 Å². The van der Waals surface area contributed by atoms with Crippen molar-refractivity contribution in [3.8, 4) is 0 Å². The first-order chi connectivity index (χ1) is 8.51. The Kier molecular flexibility index (Phi) is 6.96. The lowest BCUT2D eigenvalue weighted by Crippen LogP contribution is -2.37. The van der Waals surface area contributed by atoms with E-state index >= 15 is 0 Å². The van der Waals surface area contributed by atoms with Crippen molar-refractivity contribution in [1.82, 2.24) is 9.80 Å². The van der Waals surface area contributed by atoms with Gasteiger partial charge < -0.3 is 10.0 Å². The van der Waals surface area contributed by atoms with Crippen LogP contribution in [0.5, 0.6) is 0 Å². The van der Waals surface area contributed by atoms with E-state index in [1.165, 1.54) is 4.90 Å². The molecular formula is C12H23F3N2O. The molecule has 108 valence electrons. The van der Waals surface area contributed by atoms with Crippen molar-refractivity contribution in [2.24, 2.45) is 0 Å². The summed E-state index contributed by atoms with van der Waals surface area (Å²) >= 11 is 0. The molecule has 0 unspecified atom stereocenters. The normalized spacial score (nSPS) is 20.0. The van der Waals surface area contributed by atoms with Gasteiger partial charge in [0.25, 0.3) is 0 Å².